The zero-order valence-electron chi connectivity index (χ0n) is 6.42. The maximum atomic E-state index is 10.6. The molecule has 0 radical (unpaired) electrons. The van der Waals surface area contributed by atoms with Gasteiger partial charge >= 0.3 is 5.97 Å². The van der Waals surface area contributed by atoms with E-state index in [0.29, 0.717) is 12.0 Å². The Hall–Kier alpha value is -1.34. The Balaban J connectivity index is 3.99. The van der Waals surface area contributed by atoms with Crippen LogP contribution in [0.3, 0.4) is 0 Å². The molecule has 0 spiro atoms. The van der Waals surface area contributed by atoms with Crippen LogP contribution in [-0.2, 0) is 14.3 Å². The molecule has 0 aliphatic heterocycles. The van der Waals surface area contributed by atoms with Gasteiger partial charge in [0.1, 0.15) is 5.94 Å². The molecule has 3 nitrogen and oxygen atoms in total. The van der Waals surface area contributed by atoms with Crippen molar-refractivity contribution in [1.82, 2.24) is 0 Å². The van der Waals surface area contributed by atoms with E-state index >= 15 is 0 Å². The topological polar surface area (TPSA) is 43.4 Å². The first-order valence-electron chi connectivity index (χ1n) is 3.15. The van der Waals surface area contributed by atoms with E-state index in [2.05, 4.69) is 11.3 Å². The number of allylic oxidation sites excluding steroid dienone is 1. The molecule has 3 heteroatoms. The number of esters is 1. The van der Waals surface area contributed by atoms with Gasteiger partial charge < -0.3 is 4.74 Å². The molecule has 0 N–H and O–H groups in total. The van der Waals surface area contributed by atoms with Crippen molar-refractivity contribution in [3.05, 3.63) is 18.2 Å². The number of carbonyl (C=O) groups is 1. The van der Waals surface area contributed by atoms with Gasteiger partial charge in [-0.2, -0.15) is 0 Å². The number of methoxy groups -OCH3 is 1. The Bertz CT molecular complexity index is 199. The van der Waals surface area contributed by atoms with E-state index in [0.717, 1.165) is 0 Å². The molecule has 0 fully saturated rings. The molecule has 0 aromatic rings. The highest BCUT2D eigenvalue weighted by Crippen LogP contribution is 2.03. The number of carbonyl (C=O) groups excluding carboxylic acids is 2. The third kappa shape index (κ3) is 4.12. The van der Waals surface area contributed by atoms with Crippen LogP contribution in [0, 0.1) is 0 Å². The second-order valence-electron chi connectivity index (χ2n) is 1.95. The highest BCUT2D eigenvalue weighted by molar-refractivity contribution is 5.75. The molecule has 0 atom stereocenters. The van der Waals surface area contributed by atoms with E-state index in [-0.39, 0.29) is 6.42 Å². The van der Waals surface area contributed by atoms with Crippen LogP contribution in [0.2, 0.25) is 0 Å². The van der Waals surface area contributed by atoms with Crippen LogP contribution in [0.25, 0.3) is 0 Å². The minimum Gasteiger partial charge on any atom is -0.469 e. The lowest BCUT2D eigenvalue weighted by Crippen LogP contribution is -2.01. The minimum atomic E-state index is -0.426. The second kappa shape index (κ2) is 5.45. The summed E-state index contributed by atoms with van der Waals surface area (Å²) in [5.41, 5.74) is 0.367. The van der Waals surface area contributed by atoms with Crippen molar-refractivity contribution in [2.75, 3.05) is 7.11 Å². The molecule has 0 saturated heterocycles. The first-order chi connectivity index (χ1) is 5.24. The molecule has 60 valence electrons. The summed E-state index contributed by atoms with van der Waals surface area (Å²) in [5, 5.41) is 0. The standard InChI is InChI=1S/C8H10O3/c1-3-4-7(6-9)5-8(10)11-2/h3H,1,4-5H2,2H3. The van der Waals surface area contributed by atoms with Gasteiger partial charge in [-0.1, -0.05) is 6.08 Å². The maximum Gasteiger partial charge on any atom is 0.310 e. The first-order valence-corrected chi connectivity index (χ1v) is 3.15. The maximum absolute atomic E-state index is 10.6. The fraction of sp³-hybridized carbons (Fsp3) is 0.375. The summed E-state index contributed by atoms with van der Waals surface area (Å²) in [7, 11) is 1.28. The molecule has 0 saturated carbocycles. The highest BCUT2D eigenvalue weighted by atomic mass is 16.5. The predicted molar refractivity (Wildman–Crippen MR) is 40.7 cm³/mol. The third-order valence-electron chi connectivity index (χ3n) is 1.12. The van der Waals surface area contributed by atoms with Crippen LogP contribution in [0.15, 0.2) is 18.2 Å². The Morgan fingerprint density at radius 2 is 2.36 bits per heavy atom. The van der Waals surface area contributed by atoms with Crippen molar-refractivity contribution < 1.29 is 14.3 Å². The largest absolute Gasteiger partial charge is 0.469 e. The number of ether oxygens (including phenoxy) is 1. The Labute approximate surface area is 65.4 Å². The van der Waals surface area contributed by atoms with Crippen molar-refractivity contribution in [1.29, 1.82) is 0 Å². The van der Waals surface area contributed by atoms with Crippen molar-refractivity contribution in [3.63, 3.8) is 0 Å². The van der Waals surface area contributed by atoms with Crippen molar-refractivity contribution in [2.24, 2.45) is 0 Å². The van der Waals surface area contributed by atoms with Gasteiger partial charge in [0.05, 0.1) is 13.5 Å². The number of hydrogen-bond acceptors (Lipinski definition) is 3. The zero-order valence-corrected chi connectivity index (χ0v) is 6.42. The van der Waals surface area contributed by atoms with E-state index in [9.17, 15) is 9.59 Å². The van der Waals surface area contributed by atoms with Gasteiger partial charge in [0, 0.05) is 5.57 Å². The van der Waals surface area contributed by atoms with Crippen LogP contribution in [-0.4, -0.2) is 19.0 Å². The molecule has 0 amide bonds. The second-order valence-corrected chi connectivity index (χ2v) is 1.95. The lowest BCUT2D eigenvalue weighted by molar-refractivity contribution is -0.139. The Morgan fingerprint density at radius 3 is 2.73 bits per heavy atom. The molecule has 0 heterocycles. The van der Waals surface area contributed by atoms with Gasteiger partial charge in [-0.25, -0.2) is 4.79 Å². The van der Waals surface area contributed by atoms with E-state index in [1.165, 1.54) is 7.11 Å². The number of rotatable bonds is 4. The van der Waals surface area contributed by atoms with Gasteiger partial charge in [-0.05, 0) is 6.42 Å². The summed E-state index contributed by atoms with van der Waals surface area (Å²) in [6, 6.07) is 0. The quantitative estimate of drug-likeness (QED) is 0.343. The summed E-state index contributed by atoms with van der Waals surface area (Å²) in [6.45, 7) is 3.43. The molecular formula is C8H10O3. The lowest BCUT2D eigenvalue weighted by atomic mass is 10.1. The highest BCUT2D eigenvalue weighted by Gasteiger charge is 2.04. The van der Waals surface area contributed by atoms with Crippen LogP contribution in [0.5, 0.6) is 0 Å². The van der Waals surface area contributed by atoms with Crippen LogP contribution < -0.4 is 0 Å². The van der Waals surface area contributed by atoms with Gasteiger partial charge in [0.15, 0.2) is 0 Å². The monoisotopic (exact) mass is 154 g/mol. The van der Waals surface area contributed by atoms with Crippen molar-refractivity contribution >= 4 is 11.9 Å². The molecule has 0 rings (SSSR count). The molecule has 0 aliphatic carbocycles. The molecular weight excluding hydrogens is 144 g/mol. The van der Waals surface area contributed by atoms with Crippen LogP contribution >= 0.6 is 0 Å². The zero-order chi connectivity index (χ0) is 8.69. The smallest absolute Gasteiger partial charge is 0.310 e. The number of hydrogen-bond donors (Lipinski definition) is 0. The average Bonchev–Trinajstić information content (AvgIpc) is 2.03. The molecule has 0 bridgehead atoms. The molecule has 0 unspecified atom stereocenters. The normalized spacial score (nSPS) is 8.09. The van der Waals surface area contributed by atoms with Gasteiger partial charge in [0.25, 0.3) is 0 Å². The first kappa shape index (κ1) is 9.66. The lowest BCUT2D eigenvalue weighted by Gasteiger charge is -1.96. The van der Waals surface area contributed by atoms with Gasteiger partial charge in [-0.3, -0.25) is 4.79 Å². The van der Waals surface area contributed by atoms with Crippen molar-refractivity contribution in [3.8, 4) is 0 Å². The van der Waals surface area contributed by atoms with Gasteiger partial charge in [-0.15, -0.1) is 6.58 Å². The van der Waals surface area contributed by atoms with Crippen molar-refractivity contribution in [2.45, 2.75) is 12.8 Å². The summed E-state index contributed by atoms with van der Waals surface area (Å²) in [6.07, 6.45) is 1.94. The fourth-order valence-corrected chi connectivity index (χ4v) is 0.571. The Kier molecular flexibility index (Phi) is 4.78. The summed E-state index contributed by atoms with van der Waals surface area (Å²) >= 11 is 0. The summed E-state index contributed by atoms with van der Waals surface area (Å²) in [5.74, 6) is 1.24. The predicted octanol–water partition coefficient (Wildman–Crippen LogP) is 0.884. The molecule has 0 aliphatic rings. The van der Waals surface area contributed by atoms with Crippen LogP contribution in [0.4, 0.5) is 0 Å². The van der Waals surface area contributed by atoms with E-state index in [4.69, 9.17) is 0 Å². The fourth-order valence-electron chi connectivity index (χ4n) is 0.571. The Morgan fingerprint density at radius 1 is 1.73 bits per heavy atom. The molecule has 0 aromatic carbocycles. The van der Waals surface area contributed by atoms with E-state index in [1.54, 1.807) is 12.0 Å². The molecule has 0 aromatic heterocycles. The van der Waals surface area contributed by atoms with Gasteiger partial charge in [0.2, 0.25) is 0 Å². The minimum absolute atomic E-state index is 0.00597. The third-order valence-corrected chi connectivity index (χ3v) is 1.12. The molecule has 11 heavy (non-hydrogen) atoms. The average molecular weight is 154 g/mol. The summed E-state index contributed by atoms with van der Waals surface area (Å²) in [4.78, 5) is 20.7. The van der Waals surface area contributed by atoms with Crippen LogP contribution in [0.1, 0.15) is 12.8 Å². The SMILES string of the molecule is C=CCC(=C=O)CC(=O)OC. The van der Waals surface area contributed by atoms with E-state index < -0.39 is 5.97 Å². The summed E-state index contributed by atoms with van der Waals surface area (Å²) < 4.78 is 4.36. The van der Waals surface area contributed by atoms with E-state index in [1.807, 2.05) is 0 Å².